The van der Waals surface area contributed by atoms with Crippen molar-refractivity contribution in [2.24, 2.45) is 0 Å². The highest BCUT2D eigenvalue weighted by Gasteiger charge is 2.14. The van der Waals surface area contributed by atoms with Crippen LogP contribution in [0.2, 0.25) is 0 Å². The smallest absolute Gasteiger partial charge is 0.225 e. The number of morpholine rings is 1. The van der Waals surface area contributed by atoms with Crippen LogP contribution in [0, 0.1) is 0 Å². The number of carbonyl (C=O) groups excluding carboxylic acids is 1. The molecule has 3 heterocycles. The normalized spacial score (nSPS) is 15.1. The number of para-hydroxylation sites is 2. The van der Waals surface area contributed by atoms with Crippen LogP contribution >= 0.6 is 11.3 Å². The van der Waals surface area contributed by atoms with Gasteiger partial charge in [-0.05, 0) is 23.6 Å². The summed E-state index contributed by atoms with van der Waals surface area (Å²) in [5.74, 6) is 1.10. The topological polar surface area (TPSA) is 59.4 Å². The fourth-order valence-corrected chi connectivity index (χ4v) is 4.28. The monoisotopic (exact) mass is 398 g/mol. The summed E-state index contributed by atoms with van der Waals surface area (Å²) in [5, 5.41) is 5.03. The second-order valence-electron chi connectivity index (χ2n) is 6.98. The third kappa shape index (κ3) is 4.79. The first-order valence-corrected chi connectivity index (χ1v) is 10.7. The van der Waals surface area contributed by atoms with E-state index >= 15 is 0 Å². The maximum absolute atomic E-state index is 12.1. The third-order valence-corrected chi connectivity index (χ3v) is 5.94. The molecule has 4 rings (SSSR count). The first-order chi connectivity index (χ1) is 13.8. The van der Waals surface area contributed by atoms with Crippen LogP contribution in [0.25, 0.3) is 11.0 Å². The Morgan fingerprint density at radius 2 is 2.00 bits per heavy atom. The molecular formula is C21H26N4O2S. The molecule has 6 nitrogen and oxygen atoms in total. The molecule has 1 saturated heterocycles. The fourth-order valence-electron chi connectivity index (χ4n) is 3.58. The molecule has 1 fully saturated rings. The van der Waals surface area contributed by atoms with Crippen molar-refractivity contribution in [3.05, 3.63) is 52.5 Å². The number of hydrogen-bond donors (Lipinski definition) is 1. The second kappa shape index (κ2) is 9.32. The summed E-state index contributed by atoms with van der Waals surface area (Å²) in [6.07, 6.45) is 1.18. The Kier molecular flexibility index (Phi) is 6.36. The van der Waals surface area contributed by atoms with Crippen LogP contribution in [0.4, 0.5) is 0 Å². The van der Waals surface area contributed by atoms with E-state index in [1.54, 1.807) is 11.3 Å². The van der Waals surface area contributed by atoms with E-state index in [2.05, 4.69) is 33.0 Å². The van der Waals surface area contributed by atoms with Crippen LogP contribution in [-0.4, -0.2) is 59.8 Å². The number of aromatic nitrogens is 2. The maximum Gasteiger partial charge on any atom is 0.225 e. The standard InChI is InChI=1S/C21H26N4O2S/c26-21(16-17-4-3-15-28-17)22-8-7-20-23-18-5-1-2-6-19(18)25(20)10-9-24-11-13-27-14-12-24/h1-6,15H,7-14,16H2,(H,22,26). The molecule has 1 aliphatic rings. The number of amides is 1. The van der Waals surface area contributed by atoms with Gasteiger partial charge in [-0.1, -0.05) is 18.2 Å². The van der Waals surface area contributed by atoms with Gasteiger partial charge >= 0.3 is 0 Å². The van der Waals surface area contributed by atoms with E-state index in [1.165, 1.54) is 0 Å². The molecule has 2 aromatic heterocycles. The highest BCUT2D eigenvalue weighted by atomic mass is 32.1. The summed E-state index contributed by atoms with van der Waals surface area (Å²) in [4.78, 5) is 20.5. The second-order valence-corrected chi connectivity index (χ2v) is 8.01. The number of imidazole rings is 1. The van der Waals surface area contributed by atoms with E-state index in [0.717, 1.165) is 67.5 Å². The molecule has 0 radical (unpaired) electrons. The van der Waals surface area contributed by atoms with Crippen LogP contribution in [0.1, 0.15) is 10.7 Å². The van der Waals surface area contributed by atoms with Crippen LogP contribution in [0.3, 0.4) is 0 Å². The van der Waals surface area contributed by atoms with Gasteiger partial charge in [-0.3, -0.25) is 9.69 Å². The predicted octanol–water partition coefficient (Wildman–Crippen LogP) is 2.33. The van der Waals surface area contributed by atoms with E-state index < -0.39 is 0 Å². The van der Waals surface area contributed by atoms with Crippen LogP contribution < -0.4 is 5.32 Å². The van der Waals surface area contributed by atoms with Crippen LogP contribution in [-0.2, 0) is 28.9 Å². The zero-order chi connectivity index (χ0) is 19.2. The Bertz CT molecular complexity index is 900. The molecule has 0 aliphatic carbocycles. The van der Waals surface area contributed by atoms with E-state index in [-0.39, 0.29) is 5.91 Å². The van der Waals surface area contributed by atoms with Crippen molar-refractivity contribution in [3.63, 3.8) is 0 Å². The van der Waals surface area contributed by atoms with Crippen molar-refractivity contribution in [1.82, 2.24) is 19.8 Å². The minimum atomic E-state index is 0.0680. The molecule has 0 unspecified atom stereocenters. The lowest BCUT2D eigenvalue weighted by Crippen LogP contribution is -2.38. The molecule has 1 amide bonds. The predicted molar refractivity (Wildman–Crippen MR) is 112 cm³/mol. The van der Waals surface area contributed by atoms with E-state index in [9.17, 15) is 4.79 Å². The minimum Gasteiger partial charge on any atom is -0.379 e. The number of hydrogen-bond acceptors (Lipinski definition) is 5. The van der Waals surface area contributed by atoms with Crippen molar-refractivity contribution < 1.29 is 9.53 Å². The molecular weight excluding hydrogens is 372 g/mol. The van der Waals surface area contributed by atoms with Crippen LogP contribution in [0.5, 0.6) is 0 Å². The number of rotatable bonds is 8. The lowest BCUT2D eigenvalue weighted by Gasteiger charge is -2.27. The largest absolute Gasteiger partial charge is 0.379 e. The third-order valence-electron chi connectivity index (χ3n) is 5.06. The summed E-state index contributed by atoms with van der Waals surface area (Å²) < 4.78 is 7.75. The number of ether oxygens (including phenoxy) is 1. The Morgan fingerprint density at radius 3 is 2.82 bits per heavy atom. The van der Waals surface area contributed by atoms with Gasteiger partial charge in [0.25, 0.3) is 0 Å². The molecule has 148 valence electrons. The van der Waals surface area contributed by atoms with Gasteiger partial charge in [-0.25, -0.2) is 4.98 Å². The average Bonchev–Trinajstić information content (AvgIpc) is 3.34. The number of fused-ring (bicyclic) bond motifs is 1. The number of benzene rings is 1. The quantitative estimate of drug-likeness (QED) is 0.633. The number of thiophene rings is 1. The number of nitrogens with one attached hydrogen (secondary N) is 1. The first-order valence-electron chi connectivity index (χ1n) is 9.83. The minimum absolute atomic E-state index is 0.0680. The van der Waals surface area contributed by atoms with Crippen LogP contribution in [0.15, 0.2) is 41.8 Å². The Hall–Kier alpha value is -2.22. The lowest BCUT2D eigenvalue weighted by molar-refractivity contribution is -0.120. The summed E-state index contributed by atoms with van der Waals surface area (Å²) in [6.45, 7) is 6.09. The fraction of sp³-hybridized carbons (Fsp3) is 0.429. The van der Waals surface area contributed by atoms with Crippen molar-refractivity contribution in [2.45, 2.75) is 19.4 Å². The Balaban J connectivity index is 1.38. The molecule has 1 N–H and O–H groups in total. The van der Waals surface area contributed by atoms with Crippen molar-refractivity contribution >= 4 is 28.3 Å². The summed E-state index contributed by atoms with van der Waals surface area (Å²) in [6, 6.07) is 12.2. The molecule has 0 spiro atoms. The van der Waals surface area contributed by atoms with E-state index in [4.69, 9.17) is 9.72 Å². The maximum atomic E-state index is 12.1. The van der Waals surface area contributed by atoms with Crippen molar-refractivity contribution in [1.29, 1.82) is 0 Å². The lowest BCUT2D eigenvalue weighted by atomic mass is 10.3. The van der Waals surface area contributed by atoms with Gasteiger partial charge in [0.1, 0.15) is 5.82 Å². The van der Waals surface area contributed by atoms with Gasteiger partial charge in [-0.2, -0.15) is 0 Å². The molecule has 3 aromatic rings. The van der Waals surface area contributed by atoms with Gasteiger partial charge in [0, 0.05) is 44.0 Å². The molecule has 0 atom stereocenters. The van der Waals surface area contributed by atoms with E-state index in [1.807, 2.05) is 23.6 Å². The van der Waals surface area contributed by atoms with Gasteiger partial charge in [0.2, 0.25) is 5.91 Å². The summed E-state index contributed by atoms with van der Waals surface area (Å²) in [5.41, 5.74) is 2.18. The highest BCUT2D eigenvalue weighted by molar-refractivity contribution is 7.10. The average molecular weight is 399 g/mol. The van der Waals surface area contributed by atoms with Gasteiger partial charge < -0.3 is 14.6 Å². The zero-order valence-corrected chi connectivity index (χ0v) is 16.8. The molecule has 0 bridgehead atoms. The SMILES string of the molecule is O=C(Cc1cccs1)NCCc1nc2ccccc2n1CCN1CCOCC1. The van der Waals surface area contributed by atoms with Gasteiger partial charge in [-0.15, -0.1) is 11.3 Å². The van der Waals surface area contributed by atoms with E-state index in [0.29, 0.717) is 13.0 Å². The van der Waals surface area contributed by atoms with Crippen molar-refractivity contribution in [2.75, 3.05) is 39.4 Å². The summed E-state index contributed by atoms with van der Waals surface area (Å²) in [7, 11) is 0. The van der Waals surface area contributed by atoms with Gasteiger partial charge in [0.05, 0.1) is 30.7 Å². The van der Waals surface area contributed by atoms with Gasteiger partial charge in [0.15, 0.2) is 0 Å². The summed E-state index contributed by atoms with van der Waals surface area (Å²) >= 11 is 1.62. The molecule has 1 aromatic carbocycles. The number of carbonyl (C=O) groups is 1. The Labute approximate surface area is 169 Å². The molecule has 7 heteroatoms. The van der Waals surface area contributed by atoms with Crippen molar-refractivity contribution in [3.8, 4) is 0 Å². The molecule has 0 saturated carbocycles. The number of nitrogens with zero attached hydrogens (tertiary/aromatic N) is 3. The molecule has 1 aliphatic heterocycles. The molecule has 28 heavy (non-hydrogen) atoms. The Morgan fingerprint density at radius 1 is 1.14 bits per heavy atom. The zero-order valence-electron chi connectivity index (χ0n) is 16.0. The first kappa shape index (κ1) is 19.1. The highest BCUT2D eigenvalue weighted by Crippen LogP contribution is 2.17.